The van der Waals surface area contributed by atoms with Crippen molar-refractivity contribution in [2.24, 2.45) is 23.7 Å². The molecule has 0 spiro atoms. The molecule has 0 aliphatic heterocycles. The number of halogens is 3. The first-order valence-corrected chi connectivity index (χ1v) is 14.6. The van der Waals surface area contributed by atoms with Crippen LogP contribution in [-0.2, 0) is 25.4 Å². The van der Waals surface area contributed by atoms with E-state index in [0.29, 0.717) is 54.6 Å². The lowest BCUT2D eigenvalue weighted by atomic mass is 9.83. The number of alkyl halides is 3. The molecule has 4 fully saturated rings. The lowest BCUT2D eigenvalue weighted by molar-refractivity contribution is -0.138. The van der Waals surface area contributed by atoms with Crippen molar-refractivity contribution in [2.75, 3.05) is 0 Å². The molecule has 218 valence electrons. The summed E-state index contributed by atoms with van der Waals surface area (Å²) in [6.45, 7) is 5.91. The zero-order chi connectivity index (χ0) is 29.6. The van der Waals surface area contributed by atoms with Gasteiger partial charge in [-0.15, -0.1) is 0 Å². The summed E-state index contributed by atoms with van der Waals surface area (Å²) in [6.07, 6.45) is -0.193. The van der Waals surface area contributed by atoms with Crippen LogP contribution in [0, 0.1) is 44.4 Å². The van der Waals surface area contributed by atoms with E-state index in [2.05, 4.69) is 32.0 Å². The van der Waals surface area contributed by atoms with Gasteiger partial charge in [-0.25, -0.2) is 0 Å². The molecule has 0 bridgehead atoms. The molecule has 0 N–H and O–H groups in total. The second kappa shape index (κ2) is 11.3. The van der Waals surface area contributed by atoms with Crippen molar-refractivity contribution in [1.29, 1.82) is 0 Å². The molecule has 4 aliphatic carbocycles. The third-order valence-electron chi connectivity index (χ3n) is 9.17. The molecular weight excluding hydrogens is 529 g/mol. The van der Waals surface area contributed by atoms with Gasteiger partial charge in [-0.2, -0.15) is 13.2 Å². The van der Waals surface area contributed by atoms with Crippen molar-refractivity contribution in [2.45, 2.75) is 90.1 Å². The van der Waals surface area contributed by atoms with E-state index in [4.69, 9.17) is 0 Å². The van der Waals surface area contributed by atoms with Crippen LogP contribution in [0.3, 0.4) is 0 Å². The van der Waals surface area contributed by atoms with Crippen LogP contribution >= 0.6 is 0 Å². The number of aryl methyl sites for hydroxylation is 3. The predicted octanol–water partition coefficient (Wildman–Crippen LogP) is 7.40. The minimum atomic E-state index is -4.35. The predicted molar refractivity (Wildman–Crippen MR) is 149 cm³/mol. The molecule has 4 aliphatic rings. The molecule has 2 aromatic carbocycles. The fourth-order valence-corrected chi connectivity index (χ4v) is 7.30. The third kappa shape index (κ3) is 7.22. The van der Waals surface area contributed by atoms with Crippen LogP contribution in [0.15, 0.2) is 36.4 Å². The maximum atomic E-state index is 12.9. The Labute approximate surface area is 239 Å². The van der Waals surface area contributed by atoms with Crippen LogP contribution in [0.4, 0.5) is 13.2 Å². The molecule has 0 amide bonds. The summed E-state index contributed by atoms with van der Waals surface area (Å²) in [5.74, 6) is 1.87. The summed E-state index contributed by atoms with van der Waals surface area (Å²) in [6, 6.07) is 10.8. The SMILES string of the molecule is Cc1cc(C)cc([C@H]2CC2C2CC(=O)CC(=O)C2)c1.Cc1cc([C@@H]2CC2C2CC(=O)CC(=O)C2)cc(C(F)(F)F)c1. The van der Waals surface area contributed by atoms with Crippen molar-refractivity contribution in [3.8, 4) is 0 Å². The maximum absolute atomic E-state index is 12.9. The standard InChI is InChI=1S/C17H17F3O2.C17H20O2/c1-9-2-10(4-12(3-9)17(18,19)20)15-8-16(15)11-5-13(21)7-14(22)6-11;1-10-3-11(2)5-12(4-10)16-9-17(16)13-6-14(18)8-15(19)7-13/h2-4,11,15-16H,5-8H2,1H3;3-5,13,16-17H,6-9H2,1-2H3/t15-,16?;16-,17?/m01/s1. The van der Waals surface area contributed by atoms with Crippen LogP contribution in [0.25, 0.3) is 0 Å². The Morgan fingerprint density at radius 2 is 0.927 bits per heavy atom. The zero-order valence-corrected chi connectivity index (χ0v) is 23.9. The number of Topliss-reactive ketones (excluding diaryl/α,β-unsaturated/α-hetero) is 4. The summed E-state index contributed by atoms with van der Waals surface area (Å²) in [5.41, 5.74) is 4.65. The van der Waals surface area contributed by atoms with Crippen LogP contribution in [-0.4, -0.2) is 23.1 Å². The number of carbonyl (C=O) groups is 4. The molecule has 6 rings (SSSR count). The van der Waals surface area contributed by atoms with E-state index in [-0.39, 0.29) is 53.7 Å². The molecular formula is C34H37F3O4. The first-order chi connectivity index (χ1) is 19.3. The van der Waals surface area contributed by atoms with E-state index in [1.807, 2.05) is 0 Å². The Morgan fingerprint density at radius 1 is 0.561 bits per heavy atom. The number of hydrogen-bond donors (Lipinski definition) is 0. The van der Waals surface area contributed by atoms with Gasteiger partial charge in [0.1, 0.15) is 23.1 Å². The van der Waals surface area contributed by atoms with E-state index in [1.54, 1.807) is 13.0 Å². The Morgan fingerprint density at radius 3 is 1.32 bits per heavy atom. The molecule has 7 heteroatoms. The Bertz CT molecular complexity index is 1340. The Kier molecular flexibility index (Phi) is 8.10. The van der Waals surface area contributed by atoms with Crippen LogP contribution in [0.2, 0.25) is 0 Å². The van der Waals surface area contributed by atoms with Gasteiger partial charge in [0.25, 0.3) is 0 Å². The van der Waals surface area contributed by atoms with Crippen LogP contribution in [0.5, 0.6) is 0 Å². The van der Waals surface area contributed by atoms with Gasteiger partial charge >= 0.3 is 6.18 Å². The fraction of sp³-hybridized carbons (Fsp3) is 0.529. The van der Waals surface area contributed by atoms with Crippen LogP contribution < -0.4 is 0 Å². The average Bonchev–Trinajstić information content (AvgIpc) is 3.76. The average molecular weight is 567 g/mol. The second-order valence-electron chi connectivity index (χ2n) is 12.9. The molecule has 0 radical (unpaired) electrons. The molecule has 0 heterocycles. The van der Waals surface area contributed by atoms with E-state index in [1.165, 1.54) is 22.8 Å². The molecule has 0 aromatic heterocycles. The first kappa shape index (κ1) is 29.4. The van der Waals surface area contributed by atoms with E-state index >= 15 is 0 Å². The summed E-state index contributed by atoms with van der Waals surface area (Å²) in [4.78, 5) is 46.2. The third-order valence-corrected chi connectivity index (χ3v) is 9.17. The molecule has 4 nitrogen and oxygen atoms in total. The summed E-state index contributed by atoms with van der Waals surface area (Å²) < 4.78 is 38.7. The molecule has 2 aromatic rings. The van der Waals surface area contributed by atoms with Gasteiger partial charge in [0.05, 0.1) is 18.4 Å². The number of hydrogen-bond acceptors (Lipinski definition) is 4. The summed E-state index contributed by atoms with van der Waals surface area (Å²) in [7, 11) is 0. The first-order valence-electron chi connectivity index (χ1n) is 14.6. The summed E-state index contributed by atoms with van der Waals surface area (Å²) >= 11 is 0. The smallest absolute Gasteiger partial charge is 0.299 e. The van der Waals surface area contributed by atoms with Gasteiger partial charge in [0.15, 0.2) is 0 Å². The Hall–Kier alpha value is -3.09. The lowest BCUT2D eigenvalue weighted by Crippen LogP contribution is -2.24. The largest absolute Gasteiger partial charge is 0.416 e. The topological polar surface area (TPSA) is 68.3 Å². The van der Waals surface area contributed by atoms with E-state index in [0.717, 1.165) is 18.9 Å². The highest BCUT2D eigenvalue weighted by molar-refractivity contribution is 6.02. The molecule has 0 saturated heterocycles. The highest BCUT2D eigenvalue weighted by Crippen LogP contribution is 2.56. The van der Waals surface area contributed by atoms with Crippen molar-refractivity contribution in [3.05, 3.63) is 69.8 Å². The number of ketones is 4. The lowest BCUT2D eigenvalue weighted by Gasteiger charge is -2.20. The quantitative estimate of drug-likeness (QED) is 0.362. The van der Waals surface area contributed by atoms with E-state index < -0.39 is 11.7 Å². The van der Waals surface area contributed by atoms with Crippen molar-refractivity contribution in [3.63, 3.8) is 0 Å². The van der Waals surface area contributed by atoms with Gasteiger partial charge in [-0.3, -0.25) is 19.2 Å². The fourth-order valence-electron chi connectivity index (χ4n) is 7.30. The normalized spacial score (nSPS) is 27.0. The Balaban J connectivity index is 0.000000166. The van der Waals surface area contributed by atoms with Crippen molar-refractivity contribution >= 4 is 23.1 Å². The zero-order valence-electron chi connectivity index (χ0n) is 23.9. The van der Waals surface area contributed by atoms with Gasteiger partial charge < -0.3 is 0 Å². The molecule has 41 heavy (non-hydrogen) atoms. The highest BCUT2D eigenvalue weighted by Gasteiger charge is 2.47. The van der Waals surface area contributed by atoms with Gasteiger partial charge in [-0.1, -0.05) is 41.0 Å². The molecule has 4 atom stereocenters. The minimum Gasteiger partial charge on any atom is -0.299 e. The highest BCUT2D eigenvalue weighted by atomic mass is 19.4. The monoisotopic (exact) mass is 566 g/mol. The second-order valence-corrected chi connectivity index (χ2v) is 12.9. The van der Waals surface area contributed by atoms with Crippen molar-refractivity contribution < 1.29 is 32.3 Å². The maximum Gasteiger partial charge on any atom is 0.416 e. The summed E-state index contributed by atoms with van der Waals surface area (Å²) in [5, 5.41) is 0. The van der Waals surface area contributed by atoms with Crippen molar-refractivity contribution in [1.82, 2.24) is 0 Å². The van der Waals surface area contributed by atoms with Gasteiger partial charge in [-0.05, 0) is 92.4 Å². The van der Waals surface area contributed by atoms with E-state index in [9.17, 15) is 32.3 Å². The number of carbonyl (C=O) groups excluding carboxylic acids is 4. The minimum absolute atomic E-state index is 0.00796. The van der Waals surface area contributed by atoms with Crippen LogP contribution in [0.1, 0.15) is 96.6 Å². The number of benzene rings is 2. The van der Waals surface area contributed by atoms with Gasteiger partial charge in [0.2, 0.25) is 0 Å². The number of rotatable bonds is 4. The molecule has 4 saturated carbocycles. The molecule has 2 unspecified atom stereocenters. The van der Waals surface area contributed by atoms with Gasteiger partial charge in [0, 0.05) is 25.7 Å².